The van der Waals surface area contributed by atoms with Gasteiger partial charge in [-0.2, -0.15) is 14.1 Å². The normalized spacial score (nSPS) is 16.3. The van der Waals surface area contributed by atoms with Crippen molar-refractivity contribution in [1.29, 1.82) is 0 Å². The molecule has 1 aliphatic heterocycles. The van der Waals surface area contributed by atoms with Crippen molar-refractivity contribution < 1.29 is 17.9 Å². The second-order valence-electron chi connectivity index (χ2n) is 7.98. The van der Waals surface area contributed by atoms with Gasteiger partial charge in [0.25, 0.3) is 0 Å². The summed E-state index contributed by atoms with van der Waals surface area (Å²) in [6.07, 6.45) is 1.28. The quantitative estimate of drug-likeness (QED) is 0.559. The van der Waals surface area contributed by atoms with Crippen LogP contribution in [0.25, 0.3) is 5.69 Å². The summed E-state index contributed by atoms with van der Waals surface area (Å²) in [7, 11) is -3.32. The maximum atomic E-state index is 13.4. The van der Waals surface area contributed by atoms with Crippen LogP contribution in [-0.2, 0) is 14.8 Å². The lowest BCUT2D eigenvalue weighted by molar-refractivity contribution is 0.0648. The van der Waals surface area contributed by atoms with Gasteiger partial charge in [-0.05, 0) is 39.8 Å². The van der Waals surface area contributed by atoms with E-state index in [1.54, 1.807) is 32.2 Å². The number of hydrogen-bond acceptors (Lipinski definition) is 7. The van der Waals surface area contributed by atoms with Crippen molar-refractivity contribution in [3.8, 4) is 11.4 Å². The Morgan fingerprint density at radius 3 is 2.31 bits per heavy atom. The third-order valence-corrected chi connectivity index (χ3v) is 7.60. The third-order valence-electron chi connectivity index (χ3n) is 5.33. The molecule has 1 fully saturated rings. The van der Waals surface area contributed by atoms with Gasteiger partial charge in [-0.25, -0.2) is 8.42 Å². The summed E-state index contributed by atoms with van der Waals surface area (Å²) in [5.41, 5.74) is 0.834. The first-order chi connectivity index (χ1) is 15.3. The molecule has 2 aromatic rings. The average Bonchev–Trinajstić information content (AvgIpc) is 2.79. The largest absolute Gasteiger partial charge is 0.481 e. The first-order valence-corrected chi connectivity index (χ1v) is 12.4. The van der Waals surface area contributed by atoms with Crippen LogP contribution in [0.5, 0.6) is 5.75 Å². The fourth-order valence-electron chi connectivity index (χ4n) is 3.52. The van der Waals surface area contributed by atoms with Gasteiger partial charge in [-0.15, -0.1) is 0 Å². The van der Waals surface area contributed by atoms with Gasteiger partial charge in [0.05, 0.1) is 23.7 Å². The highest BCUT2D eigenvalue weighted by molar-refractivity contribution is 7.89. The molecule has 2 heterocycles. The minimum atomic E-state index is -3.32. The van der Waals surface area contributed by atoms with E-state index in [1.807, 2.05) is 36.9 Å². The Morgan fingerprint density at radius 2 is 1.72 bits per heavy atom. The third kappa shape index (κ3) is 5.31. The van der Waals surface area contributed by atoms with Crippen LogP contribution in [0.2, 0.25) is 0 Å². The Hall–Kier alpha value is -2.43. The molecular formula is C22H32N4O5S. The van der Waals surface area contributed by atoms with E-state index in [-0.39, 0.29) is 17.4 Å². The molecule has 1 aliphatic rings. The SMILES string of the molecule is CCOCC(C)Oc1c(N2CCN(S(=O)(=O)C(C)C)CC2)cnn(-c2ccccc2)c1=O. The van der Waals surface area contributed by atoms with E-state index >= 15 is 0 Å². The number of benzene rings is 1. The van der Waals surface area contributed by atoms with Crippen molar-refractivity contribution >= 4 is 15.7 Å². The molecule has 0 spiro atoms. The molecule has 0 N–H and O–H groups in total. The van der Waals surface area contributed by atoms with Gasteiger partial charge in [0, 0.05) is 32.8 Å². The highest BCUT2D eigenvalue weighted by atomic mass is 32.2. The fraction of sp³-hybridized carbons (Fsp3) is 0.545. The van der Waals surface area contributed by atoms with E-state index in [4.69, 9.17) is 9.47 Å². The van der Waals surface area contributed by atoms with Crippen LogP contribution in [0.1, 0.15) is 27.7 Å². The molecule has 1 aromatic carbocycles. The zero-order valence-electron chi connectivity index (χ0n) is 19.1. The molecule has 10 heteroatoms. The van der Waals surface area contributed by atoms with Gasteiger partial charge in [-0.3, -0.25) is 4.79 Å². The summed E-state index contributed by atoms with van der Waals surface area (Å²) in [4.78, 5) is 15.3. The fourth-order valence-corrected chi connectivity index (χ4v) is 4.79. The summed E-state index contributed by atoms with van der Waals surface area (Å²) in [5.74, 6) is 0.191. The Balaban J connectivity index is 1.91. The number of piperazine rings is 1. The van der Waals surface area contributed by atoms with E-state index in [0.29, 0.717) is 50.8 Å². The summed E-state index contributed by atoms with van der Waals surface area (Å²) in [6.45, 7) is 9.59. The van der Waals surface area contributed by atoms with Crippen LogP contribution in [0.4, 0.5) is 5.69 Å². The van der Waals surface area contributed by atoms with Crippen LogP contribution < -0.4 is 15.2 Å². The molecule has 1 saturated heterocycles. The Morgan fingerprint density at radius 1 is 1.06 bits per heavy atom. The highest BCUT2D eigenvalue weighted by Gasteiger charge is 2.31. The number of nitrogens with zero attached hydrogens (tertiary/aromatic N) is 4. The first-order valence-electron chi connectivity index (χ1n) is 10.9. The lowest BCUT2D eigenvalue weighted by Crippen LogP contribution is -2.50. The molecule has 0 radical (unpaired) electrons. The monoisotopic (exact) mass is 464 g/mol. The molecule has 32 heavy (non-hydrogen) atoms. The van der Waals surface area contributed by atoms with Crippen molar-refractivity contribution in [3.63, 3.8) is 0 Å². The highest BCUT2D eigenvalue weighted by Crippen LogP contribution is 2.27. The second-order valence-corrected chi connectivity index (χ2v) is 10.5. The lowest BCUT2D eigenvalue weighted by atomic mass is 10.3. The maximum Gasteiger partial charge on any atom is 0.316 e. The van der Waals surface area contributed by atoms with Crippen LogP contribution >= 0.6 is 0 Å². The molecule has 0 saturated carbocycles. The van der Waals surface area contributed by atoms with E-state index in [2.05, 4.69) is 5.10 Å². The number of rotatable bonds is 9. The van der Waals surface area contributed by atoms with Gasteiger partial charge >= 0.3 is 5.56 Å². The zero-order valence-corrected chi connectivity index (χ0v) is 19.9. The summed E-state index contributed by atoms with van der Waals surface area (Å²) >= 11 is 0. The van der Waals surface area contributed by atoms with Crippen LogP contribution in [-0.4, -0.2) is 73.3 Å². The lowest BCUT2D eigenvalue weighted by Gasteiger charge is -2.36. The number of hydrogen-bond donors (Lipinski definition) is 0. The number of aromatic nitrogens is 2. The van der Waals surface area contributed by atoms with E-state index in [1.165, 1.54) is 8.99 Å². The molecule has 9 nitrogen and oxygen atoms in total. The molecule has 0 aliphatic carbocycles. The van der Waals surface area contributed by atoms with Crippen molar-refractivity contribution in [2.24, 2.45) is 0 Å². The summed E-state index contributed by atoms with van der Waals surface area (Å²) in [6, 6.07) is 9.15. The van der Waals surface area contributed by atoms with Crippen molar-refractivity contribution in [2.45, 2.75) is 39.0 Å². The molecule has 1 aromatic heterocycles. The predicted octanol–water partition coefficient (Wildman–Crippen LogP) is 1.90. The maximum absolute atomic E-state index is 13.4. The van der Waals surface area contributed by atoms with Crippen LogP contribution in [0.3, 0.4) is 0 Å². The Bertz CT molecular complexity index is 1050. The average molecular weight is 465 g/mol. The molecule has 0 bridgehead atoms. The Labute approximate surface area is 189 Å². The minimum absolute atomic E-state index is 0.191. The second kappa shape index (κ2) is 10.5. The molecule has 3 rings (SSSR count). The van der Waals surface area contributed by atoms with Gasteiger partial charge < -0.3 is 14.4 Å². The number of anilines is 1. The predicted molar refractivity (Wildman–Crippen MR) is 124 cm³/mol. The standard InChI is InChI=1S/C22H32N4O5S/c1-5-30-16-18(4)31-21-20(15-23-26(22(21)27)19-9-7-6-8-10-19)24-11-13-25(14-12-24)32(28,29)17(2)3/h6-10,15,17-18H,5,11-14,16H2,1-4H3. The van der Waals surface area contributed by atoms with E-state index in [9.17, 15) is 13.2 Å². The van der Waals surface area contributed by atoms with Crippen molar-refractivity contribution in [3.05, 3.63) is 46.9 Å². The first kappa shape index (κ1) is 24.2. The van der Waals surface area contributed by atoms with Gasteiger partial charge in [0.15, 0.2) is 0 Å². The molecule has 1 atom stereocenters. The van der Waals surface area contributed by atoms with Gasteiger partial charge in [0.2, 0.25) is 15.8 Å². The van der Waals surface area contributed by atoms with E-state index in [0.717, 1.165) is 0 Å². The van der Waals surface area contributed by atoms with Crippen molar-refractivity contribution in [1.82, 2.24) is 14.1 Å². The summed E-state index contributed by atoms with van der Waals surface area (Å²) in [5, 5.41) is 3.90. The minimum Gasteiger partial charge on any atom is -0.481 e. The zero-order chi connectivity index (χ0) is 23.3. The molecule has 176 valence electrons. The Kier molecular flexibility index (Phi) is 7.91. The van der Waals surface area contributed by atoms with Gasteiger partial charge in [-0.1, -0.05) is 18.2 Å². The number of para-hydroxylation sites is 1. The van der Waals surface area contributed by atoms with Crippen LogP contribution in [0.15, 0.2) is 41.3 Å². The topological polar surface area (TPSA) is 94.0 Å². The molecular weight excluding hydrogens is 432 g/mol. The summed E-state index contributed by atoms with van der Waals surface area (Å²) < 4.78 is 39.3. The van der Waals surface area contributed by atoms with E-state index < -0.39 is 15.3 Å². The molecule has 1 unspecified atom stereocenters. The number of ether oxygens (including phenoxy) is 2. The molecule has 0 amide bonds. The van der Waals surface area contributed by atoms with Crippen LogP contribution in [0, 0.1) is 0 Å². The smallest absolute Gasteiger partial charge is 0.316 e. The van der Waals surface area contributed by atoms with Gasteiger partial charge in [0.1, 0.15) is 11.8 Å². The number of sulfonamides is 1. The van der Waals surface area contributed by atoms with Crippen molar-refractivity contribution in [2.75, 3.05) is 44.3 Å².